The zero-order valence-corrected chi connectivity index (χ0v) is 15.2. The van der Waals surface area contributed by atoms with E-state index in [1.165, 1.54) is 19.4 Å². The summed E-state index contributed by atoms with van der Waals surface area (Å²) in [5.74, 6) is 3.84. The lowest BCUT2D eigenvalue weighted by molar-refractivity contribution is 0.139. The van der Waals surface area contributed by atoms with Crippen LogP contribution in [0.15, 0.2) is 4.99 Å². The largest absolute Gasteiger partial charge is 0.381 e. The molecule has 25 heavy (non-hydrogen) atoms. The van der Waals surface area contributed by atoms with Gasteiger partial charge in [0.15, 0.2) is 11.8 Å². The van der Waals surface area contributed by atoms with Gasteiger partial charge < -0.3 is 19.5 Å². The maximum absolute atomic E-state index is 5.50. The Morgan fingerprint density at radius 3 is 2.88 bits per heavy atom. The van der Waals surface area contributed by atoms with E-state index in [1.807, 2.05) is 7.05 Å². The van der Waals surface area contributed by atoms with Gasteiger partial charge >= 0.3 is 0 Å². The molecule has 0 amide bonds. The number of fused-ring (bicyclic) bond motifs is 1. The number of ether oxygens (including phenoxy) is 1. The Morgan fingerprint density at radius 2 is 2.12 bits per heavy atom. The molecule has 3 aliphatic rings. The summed E-state index contributed by atoms with van der Waals surface area (Å²) in [6, 6.07) is 0. The van der Waals surface area contributed by atoms with Gasteiger partial charge in [-0.1, -0.05) is 0 Å². The Morgan fingerprint density at radius 1 is 1.24 bits per heavy atom. The lowest BCUT2D eigenvalue weighted by Crippen LogP contribution is -2.53. The van der Waals surface area contributed by atoms with E-state index >= 15 is 0 Å². The molecule has 2 fully saturated rings. The van der Waals surface area contributed by atoms with Crippen molar-refractivity contribution in [1.82, 2.24) is 29.9 Å². The molecule has 1 N–H and O–H groups in total. The maximum Gasteiger partial charge on any atom is 0.194 e. The summed E-state index contributed by atoms with van der Waals surface area (Å²) in [5.41, 5.74) is 0. The normalized spacial score (nSPS) is 24.8. The molecule has 1 aromatic heterocycles. The second kappa shape index (κ2) is 7.70. The van der Waals surface area contributed by atoms with Gasteiger partial charge in [-0.05, 0) is 18.8 Å². The van der Waals surface area contributed by atoms with Crippen LogP contribution < -0.4 is 5.32 Å². The fraction of sp³-hybridized carbons (Fsp3) is 0.824. The van der Waals surface area contributed by atoms with Crippen LogP contribution in [0.25, 0.3) is 0 Å². The zero-order chi connectivity index (χ0) is 17.1. The van der Waals surface area contributed by atoms with Gasteiger partial charge in [-0.15, -0.1) is 10.2 Å². The predicted molar refractivity (Wildman–Crippen MR) is 95.5 cm³/mol. The van der Waals surface area contributed by atoms with Crippen LogP contribution in [0.1, 0.15) is 24.5 Å². The van der Waals surface area contributed by atoms with Gasteiger partial charge in [0.2, 0.25) is 0 Å². The summed E-state index contributed by atoms with van der Waals surface area (Å²) < 4.78 is 7.73. The van der Waals surface area contributed by atoms with Gasteiger partial charge in [-0.2, -0.15) is 0 Å². The van der Waals surface area contributed by atoms with Crippen molar-refractivity contribution in [3.63, 3.8) is 0 Å². The first kappa shape index (κ1) is 16.8. The third kappa shape index (κ3) is 3.79. The van der Waals surface area contributed by atoms with E-state index in [9.17, 15) is 0 Å². The molecular weight excluding hydrogens is 318 g/mol. The number of aromatic nitrogens is 3. The average Bonchev–Trinajstić information content (AvgIpc) is 3.36. The zero-order valence-electron chi connectivity index (χ0n) is 15.2. The van der Waals surface area contributed by atoms with Crippen LogP contribution in [0.3, 0.4) is 0 Å². The minimum Gasteiger partial charge on any atom is -0.381 e. The fourth-order valence-electron chi connectivity index (χ4n) is 4.07. The van der Waals surface area contributed by atoms with E-state index in [0.29, 0.717) is 6.54 Å². The van der Waals surface area contributed by atoms with Crippen molar-refractivity contribution in [1.29, 1.82) is 0 Å². The van der Waals surface area contributed by atoms with Crippen LogP contribution >= 0.6 is 0 Å². The first-order valence-electron chi connectivity index (χ1n) is 9.50. The van der Waals surface area contributed by atoms with E-state index in [-0.39, 0.29) is 0 Å². The van der Waals surface area contributed by atoms with Crippen LogP contribution in [-0.4, -0.2) is 83.5 Å². The number of hydrogen-bond acceptors (Lipinski definition) is 5. The molecule has 8 nitrogen and oxygen atoms in total. The van der Waals surface area contributed by atoms with Crippen molar-refractivity contribution in [2.24, 2.45) is 10.9 Å². The van der Waals surface area contributed by atoms with Crippen LogP contribution in [-0.2, 0) is 24.2 Å². The molecule has 1 unspecified atom stereocenters. The Hall–Kier alpha value is -1.67. The summed E-state index contributed by atoms with van der Waals surface area (Å²) in [6.45, 7) is 9.01. The van der Waals surface area contributed by atoms with Gasteiger partial charge in [0.1, 0.15) is 5.82 Å². The van der Waals surface area contributed by atoms with Crippen LogP contribution in [0, 0.1) is 5.92 Å². The van der Waals surface area contributed by atoms with Gasteiger partial charge in [0, 0.05) is 59.3 Å². The van der Waals surface area contributed by atoms with Gasteiger partial charge in [-0.3, -0.25) is 9.89 Å². The summed E-state index contributed by atoms with van der Waals surface area (Å²) in [4.78, 5) is 9.38. The Bertz CT molecular complexity index is 600. The second-order valence-electron chi connectivity index (χ2n) is 7.21. The van der Waals surface area contributed by atoms with E-state index in [0.717, 1.165) is 75.9 Å². The molecule has 1 atom stereocenters. The molecule has 2 saturated heterocycles. The molecule has 0 aliphatic carbocycles. The van der Waals surface area contributed by atoms with Crippen LogP contribution in [0.5, 0.6) is 0 Å². The highest BCUT2D eigenvalue weighted by Gasteiger charge is 2.24. The number of piperazine rings is 1. The molecule has 0 bridgehead atoms. The Labute approximate surface area is 149 Å². The average molecular weight is 347 g/mol. The summed E-state index contributed by atoms with van der Waals surface area (Å²) >= 11 is 0. The molecule has 0 aromatic carbocycles. The van der Waals surface area contributed by atoms with Crippen LogP contribution in [0.4, 0.5) is 0 Å². The molecule has 8 heteroatoms. The number of rotatable bonds is 4. The van der Waals surface area contributed by atoms with Crippen molar-refractivity contribution in [3.05, 3.63) is 11.6 Å². The standard InChI is InChI=1S/C17H29N7O/c1-18-17(19-11-16-21-20-15-3-2-5-24(15)16)23-8-6-22(7-9-23)12-14-4-10-25-13-14/h14H,2-13H2,1H3,(H,18,19). The third-order valence-electron chi connectivity index (χ3n) is 5.51. The molecule has 0 radical (unpaired) electrons. The molecule has 4 rings (SSSR count). The Balaban J connectivity index is 1.26. The van der Waals surface area contributed by atoms with E-state index in [2.05, 4.69) is 34.9 Å². The molecule has 0 spiro atoms. The first-order chi connectivity index (χ1) is 12.3. The van der Waals surface area contributed by atoms with Gasteiger partial charge in [0.05, 0.1) is 13.2 Å². The smallest absolute Gasteiger partial charge is 0.194 e. The van der Waals surface area contributed by atoms with E-state index < -0.39 is 0 Å². The van der Waals surface area contributed by atoms with Crippen LogP contribution in [0.2, 0.25) is 0 Å². The highest BCUT2D eigenvalue weighted by Crippen LogP contribution is 2.16. The number of aryl methyl sites for hydroxylation is 1. The van der Waals surface area contributed by atoms with Crippen molar-refractivity contribution < 1.29 is 4.74 Å². The lowest BCUT2D eigenvalue weighted by atomic mass is 10.1. The monoisotopic (exact) mass is 347 g/mol. The van der Waals surface area contributed by atoms with Crippen molar-refractivity contribution in [2.45, 2.75) is 32.4 Å². The third-order valence-corrected chi connectivity index (χ3v) is 5.51. The number of aliphatic imine (C=N–C) groups is 1. The highest BCUT2D eigenvalue weighted by atomic mass is 16.5. The Kier molecular flexibility index (Phi) is 5.17. The SMILES string of the molecule is CN=C(NCc1nnc2n1CCC2)N1CCN(CC2CCOC2)CC1. The second-order valence-corrected chi connectivity index (χ2v) is 7.21. The van der Waals surface area contributed by atoms with Gasteiger partial charge in [-0.25, -0.2) is 0 Å². The van der Waals surface area contributed by atoms with E-state index in [4.69, 9.17) is 4.74 Å². The quantitative estimate of drug-likeness (QED) is 0.608. The molecule has 3 aliphatic heterocycles. The summed E-state index contributed by atoms with van der Waals surface area (Å²) in [5, 5.41) is 12.1. The van der Waals surface area contributed by atoms with Gasteiger partial charge in [0.25, 0.3) is 0 Å². The van der Waals surface area contributed by atoms with Crippen molar-refractivity contribution in [3.8, 4) is 0 Å². The highest BCUT2D eigenvalue weighted by molar-refractivity contribution is 5.79. The van der Waals surface area contributed by atoms with Crippen molar-refractivity contribution in [2.75, 3.05) is 53.0 Å². The molecule has 1 aromatic rings. The van der Waals surface area contributed by atoms with Crippen molar-refractivity contribution >= 4 is 5.96 Å². The minimum absolute atomic E-state index is 0.694. The maximum atomic E-state index is 5.50. The minimum atomic E-state index is 0.694. The predicted octanol–water partition coefficient (Wildman–Crippen LogP) is -0.0462. The molecule has 138 valence electrons. The number of hydrogen-bond donors (Lipinski definition) is 1. The number of nitrogens with one attached hydrogen (secondary N) is 1. The molecule has 0 saturated carbocycles. The molecule has 4 heterocycles. The van der Waals surface area contributed by atoms with E-state index in [1.54, 1.807) is 0 Å². The number of guanidine groups is 1. The number of nitrogens with zero attached hydrogens (tertiary/aromatic N) is 6. The topological polar surface area (TPSA) is 70.8 Å². The first-order valence-corrected chi connectivity index (χ1v) is 9.50. The fourth-order valence-corrected chi connectivity index (χ4v) is 4.07. The summed E-state index contributed by atoms with van der Waals surface area (Å²) in [6.07, 6.45) is 3.45. The summed E-state index contributed by atoms with van der Waals surface area (Å²) in [7, 11) is 1.86. The molecular formula is C17H29N7O. The lowest BCUT2D eigenvalue weighted by Gasteiger charge is -2.37.